The fourth-order valence-corrected chi connectivity index (χ4v) is 5.30. The highest BCUT2D eigenvalue weighted by Crippen LogP contribution is 2.43. The van der Waals surface area contributed by atoms with Gasteiger partial charge in [0.1, 0.15) is 0 Å². The highest BCUT2D eigenvalue weighted by atomic mass is 32.2. The molecule has 1 fully saturated rings. The molecule has 0 unspecified atom stereocenters. The lowest BCUT2D eigenvalue weighted by molar-refractivity contribution is -0.778. The minimum absolute atomic E-state index is 0.00211. The Morgan fingerprint density at radius 3 is 2.35 bits per heavy atom. The van der Waals surface area contributed by atoms with Gasteiger partial charge in [0.25, 0.3) is 4.87 Å². The summed E-state index contributed by atoms with van der Waals surface area (Å²) in [4.78, 5) is 21.9. The lowest BCUT2D eigenvalue weighted by Gasteiger charge is -2.45. The molecule has 26 heavy (non-hydrogen) atoms. The maximum Gasteiger partial charge on any atom is 0.345 e. The summed E-state index contributed by atoms with van der Waals surface area (Å²) < 4.78 is 32.0. The molecular formula is C16H24N3O5S2+. The Labute approximate surface area is 158 Å². The van der Waals surface area contributed by atoms with E-state index in [-0.39, 0.29) is 28.2 Å². The molecule has 2 N–H and O–H groups in total. The normalized spacial score (nSPS) is 28.8. The molecule has 0 bridgehead atoms. The fraction of sp³-hybridized carbons (Fsp3) is 0.562. The van der Waals surface area contributed by atoms with E-state index in [1.54, 1.807) is 6.07 Å². The van der Waals surface area contributed by atoms with E-state index in [0.29, 0.717) is 13.1 Å². The van der Waals surface area contributed by atoms with Crippen molar-refractivity contribution in [3.05, 3.63) is 35.2 Å². The number of sulfone groups is 1. The van der Waals surface area contributed by atoms with Gasteiger partial charge in [-0.25, -0.2) is 13.2 Å². The summed E-state index contributed by atoms with van der Waals surface area (Å²) in [6.45, 7) is 2.13. The summed E-state index contributed by atoms with van der Waals surface area (Å²) in [7, 11) is -2.63. The monoisotopic (exact) mass is 402 g/mol. The van der Waals surface area contributed by atoms with Gasteiger partial charge in [0, 0.05) is 12.8 Å². The number of nitrogens with two attached hydrogens (primary N) is 1. The second-order valence-electron chi connectivity index (χ2n) is 6.68. The highest BCUT2D eigenvalue weighted by Gasteiger charge is 2.67. The molecule has 0 aromatic heterocycles. The number of rotatable bonds is 6. The lowest BCUT2D eigenvalue weighted by Crippen LogP contribution is -2.72. The zero-order valence-electron chi connectivity index (χ0n) is 14.8. The van der Waals surface area contributed by atoms with Gasteiger partial charge in [0.15, 0.2) is 5.54 Å². The Balaban J connectivity index is 2.66. The summed E-state index contributed by atoms with van der Waals surface area (Å²) in [6.07, 6.45) is -0.00421. The number of likely N-dealkylation sites (tertiary alicyclic amines) is 1. The third kappa shape index (κ3) is 3.26. The predicted octanol–water partition coefficient (Wildman–Crippen LogP) is 1.27. The van der Waals surface area contributed by atoms with Gasteiger partial charge in [0.2, 0.25) is 9.84 Å². The maximum atomic E-state index is 13.3. The predicted molar refractivity (Wildman–Crippen MR) is 99.8 cm³/mol. The number of piperidine rings is 1. The van der Waals surface area contributed by atoms with E-state index in [0.717, 1.165) is 0 Å². The molecule has 2 rings (SSSR count). The molecule has 1 heterocycles. The lowest BCUT2D eigenvalue weighted by atomic mass is 9.81. The van der Waals surface area contributed by atoms with Crippen LogP contribution in [-0.2, 0) is 19.4 Å². The minimum atomic E-state index is -4.45. The summed E-state index contributed by atoms with van der Waals surface area (Å²) in [5.74, 6) is -1.17. The molecule has 10 heteroatoms. The number of esters is 1. The summed E-state index contributed by atoms with van der Waals surface area (Å²) >= 11 is 4.45. The molecule has 144 valence electrons. The van der Waals surface area contributed by atoms with Crippen LogP contribution in [0.2, 0.25) is 0 Å². The van der Waals surface area contributed by atoms with Crippen molar-refractivity contribution in [2.24, 2.45) is 10.9 Å². The van der Waals surface area contributed by atoms with Crippen LogP contribution in [0.3, 0.4) is 0 Å². The number of nitrogens with zero attached hydrogens (tertiary/aromatic N) is 2. The van der Waals surface area contributed by atoms with Gasteiger partial charge in [-0.05, 0) is 19.1 Å². The average Bonchev–Trinajstić information content (AvgIpc) is 2.62. The molecule has 1 aromatic rings. The Hall–Kier alpha value is -1.49. The van der Waals surface area contributed by atoms with E-state index < -0.39 is 26.2 Å². The molecule has 0 amide bonds. The van der Waals surface area contributed by atoms with Crippen LogP contribution in [0.1, 0.15) is 19.8 Å². The topological polar surface area (TPSA) is 116 Å². The molecule has 1 aromatic carbocycles. The van der Waals surface area contributed by atoms with Gasteiger partial charge in [-0.3, -0.25) is 3.89 Å². The zero-order valence-corrected chi connectivity index (χ0v) is 16.5. The molecule has 1 aliphatic heterocycles. The van der Waals surface area contributed by atoms with Gasteiger partial charge in [0.05, 0.1) is 44.5 Å². The van der Waals surface area contributed by atoms with Crippen LogP contribution in [-0.4, -0.2) is 55.4 Å². The highest BCUT2D eigenvalue weighted by molar-refractivity contribution is 7.93. The van der Waals surface area contributed by atoms with Crippen molar-refractivity contribution < 1.29 is 21.8 Å². The first-order chi connectivity index (χ1) is 12.1. The van der Waals surface area contributed by atoms with Gasteiger partial charge in [-0.1, -0.05) is 23.4 Å². The van der Waals surface area contributed by atoms with Crippen molar-refractivity contribution in [1.82, 2.24) is 0 Å². The van der Waals surface area contributed by atoms with Crippen molar-refractivity contribution in [2.75, 3.05) is 26.7 Å². The second-order valence-corrected chi connectivity index (χ2v) is 9.77. The van der Waals surface area contributed by atoms with Crippen molar-refractivity contribution in [3.63, 3.8) is 0 Å². The Bertz CT molecular complexity index is 772. The summed E-state index contributed by atoms with van der Waals surface area (Å²) in [5, 5.41) is 3.11. The van der Waals surface area contributed by atoms with E-state index in [1.165, 1.54) is 31.2 Å². The van der Waals surface area contributed by atoms with Crippen molar-refractivity contribution >= 4 is 28.6 Å². The quantitative estimate of drug-likeness (QED) is 0.320. The van der Waals surface area contributed by atoms with Gasteiger partial charge < -0.3 is 10.5 Å². The first-order valence-electron chi connectivity index (χ1n) is 8.24. The van der Waals surface area contributed by atoms with Crippen molar-refractivity contribution in [3.8, 4) is 0 Å². The fourth-order valence-electron chi connectivity index (χ4n) is 3.19. The minimum Gasteiger partial charge on any atom is -0.464 e. The average molecular weight is 403 g/mol. The van der Waals surface area contributed by atoms with Crippen LogP contribution in [0.4, 0.5) is 0 Å². The van der Waals surface area contributed by atoms with Gasteiger partial charge >= 0.3 is 5.97 Å². The molecule has 0 spiro atoms. The Kier molecular flexibility index (Phi) is 5.81. The third-order valence-electron chi connectivity index (χ3n) is 4.94. The molecule has 1 saturated heterocycles. The number of nitroso groups, excluding NO2 is 1. The van der Waals surface area contributed by atoms with Crippen molar-refractivity contribution in [1.29, 1.82) is 0 Å². The first kappa shape index (κ1) is 20.8. The molecule has 8 nitrogen and oxygen atoms in total. The van der Waals surface area contributed by atoms with E-state index >= 15 is 0 Å². The number of ether oxygens (including phenoxy) is 1. The number of carbonyl (C=O) groups excluding carboxylic acids is 1. The van der Waals surface area contributed by atoms with Crippen LogP contribution < -0.4 is 5.73 Å². The van der Waals surface area contributed by atoms with E-state index in [4.69, 9.17) is 10.5 Å². The van der Waals surface area contributed by atoms with Gasteiger partial charge in [-0.15, -0.1) is 0 Å². The number of quaternary nitrogens is 1. The van der Waals surface area contributed by atoms with Crippen LogP contribution in [0.5, 0.6) is 0 Å². The zero-order chi connectivity index (χ0) is 19.6. The van der Waals surface area contributed by atoms with Crippen molar-refractivity contribution in [2.45, 2.75) is 35.1 Å². The van der Waals surface area contributed by atoms with E-state index in [1.807, 2.05) is 7.05 Å². The first-order valence-corrected chi connectivity index (χ1v) is 10.1. The molecule has 0 aliphatic carbocycles. The standard InChI is InChI=1S/C16H24N3O5S2/c1-3-24-14(20)16(17,26(22,23)13-7-5-4-6-8-13)15(18-21)9-11-19(2,25)12-10-15/h4-8,25H,3,9-12,17H2,1-2H3/q+1/t15?,16-,19?/m0/s1. The van der Waals surface area contributed by atoms with E-state index in [9.17, 15) is 18.1 Å². The van der Waals surface area contributed by atoms with Gasteiger partial charge in [-0.2, -0.15) is 4.91 Å². The van der Waals surface area contributed by atoms with Crippen LogP contribution in [0.15, 0.2) is 40.4 Å². The second kappa shape index (κ2) is 7.26. The Morgan fingerprint density at radius 1 is 1.35 bits per heavy atom. The summed E-state index contributed by atoms with van der Waals surface area (Å²) in [5.41, 5.74) is 4.42. The summed E-state index contributed by atoms with van der Waals surface area (Å²) in [6, 6.07) is 7.33. The van der Waals surface area contributed by atoms with Crippen LogP contribution in [0.25, 0.3) is 0 Å². The molecule has 1 atom stereocenters. The third-order valence-corrected chi connectivity index (χ3v) is 7.62. The smallest absolute Gasteiger partial charge is 0.345 e. The molecule has 0 saturated carbocycles. The number of benzene rings is 1. The van der Waals surface area contributed by atoms with Crippen LogP contribution in [0, 0.1) is 4.91 Å². The Morgan fingerprint density at radius 2 is 1.88 bits per heavy atom. The molecule has 0 radical (unpaired) electrons. The largest absolute Gasteiger partial charge is 0.464 e. The van der Waals surface area contributed by atoms with Crippen LogP contribution >= 0.6 is 12.8 Å². The number of carbonyl (C=O) groups is 1. The number of hydrogen-bond donors (Lipinski definition) is 2. The number of hydrogen-bond acceptors (Lipinski definition) is 8. The molecule has 1 aliphatic rings. The maximum absolute atomic E-state index is 13.3. The number of thiol groups is 1. The van der Waals surface area contributed by atoms with E-state index in [2.05, 4.69) is 18.0 Å². The SMILES string of the molecule is CCOC(=O)[C@@](N)(C1(N=O)CC[N+](C)(S)CC1)S(=O)(=O)c1ccccc1. The molecular weight excluding hydrogens is 378 g/mol.